The maximum Gasteiger partial charge on any atom is 0.417 e. The van der Waals surface area contributed by atoms with Crippen LogP contribution in [0.1, 0.15) is 18.4 Å². The van der Waals surface area contributed by atoms with Crippen molar-refractivity contribution in [1.82, 2.24) is 4.31 Å². The Morgan fingerprint density at radius 3 is 2.25 bits per heavy atom. The summed E-state index contributed by atoms with van der Waals surface area (Å²) in [6.07, 6.45) is -3.50. The number of piperidine rings is 1. The van der Waals surface area contributed by atoms with E-state index in [-0.39, 0.29) is 17.9 Å². The number of alkyl halides is 4. The molecule has 0 spiro atoms. The first kappa shape index (κ1) is 15.8. The molecule has 0 atom stereocenters. The summed E-state index contributed by atoms with van der Waals surface area (Å²) >= 11 is 3.38. The number of halogens is 4. The minimum Gasteiger partial charge on any atom is -0.207 e. The molecule has 1 saturated heterocycles. The molecule has 20 heavy (non-hydrogen) atoms. The van der Waals surface area contributed by atoms with Crippen molar-refractivity contribution in [3.8, 4) is 0 Å². The fourth-order valence-electron chi connectivity index (χ4n) is 2.13. The lowest BCUT2D eigenvalue weighted by molar-refractivity contribution is -0.139. The number of hydrogen-bond acceptors (Lipinski definition) is 2. The highest BCUT2D eigenvalue weighted by atomic mass is 79.9. The van der Waals surface area contributed by atoms with Crippen molar-refractivity contribution in [2.24, 2.45) is 0 Å². The molecule has 2 rings (SSSR count). The van der Waals surface area contributed by atoms with Gasteiger partial charge in [0.15, 0.2) is 0 Å². The largest absolute Gasteiger partial charge is 0.417 e. The molecule has 1 aliphatic rings. The summed E-state index contributed by atoms with van der Waals surface area (Å²) in [5.41, 5.74) is -1.11. The maximum atomic E-state index is 12.9. The Kier molecular flexibility index (Phi) is 4.46. The van der Waals surface area contributed by atoms with Crippen molar-refractivity contribution in [2.75, 3.05) is 13.1 Å². The number of hydrogen-bond donors (Lipinski definition) is 0. The summed E-state index contributed by atoms with van der Waals surface area (Å²) in [6, 6.07) is 4.30. The van der Waals surface area contributed by atoms with Crippen molar-refractivity contribution in [1.29, 1.82) is 0 Å². The topological polar surface area (TPSA) is 37.4 Å². The Morgan fingerprint density at radius 1 is 1.15 bits per heavy atom. The van der Waals surface area contributed by atoms with Gasteiger partial charge in [-0.15, -0.1) is 0 Å². The molecule has 0 bridgehead atoms. The molecule has 0 saturated carbocycles. The zero-order chi connectivity index (χ0) is 15.0. The van der Waals surface area contributed by atoms with Gasteiger partial charge in [0, 0.05) is 17.9 Å². The number of nitrogens with zero attached hydrogens (tertiary/aromatic N) is 1. The highest BCUT2D eigenvalue weighted by molar-refractivity contribution is 9.09. The van der Waals surface area contributed by atoms with Crippen molar-refractivity contribution >= 4 is 26.0 Å². The zero-order valence-electron chi connectivity index (χ0n) is 10.4. The van der Waals surface area contributed by atoms with Crippen LogP contribution in [0.25, 0.3) is 0 Å². The molecule has 1 heterocycles. The molecule has 0 unspecified atom stereocenters. The second-order valence-corrected chi connectivity index (χ2v) is 7.77. The van der Waals surface area contributed by atoms with Crippen LogP contribution in [0.3, 0.4) is 0 Å². The highest BCUT2D eigenvalue weighted by Gasteiger charge is 2.39. The molecule has 0 N–H and O–H groups in total. The van der Waals surface area contributed by atoms with E-state index < -0.39 is 26.7 Å². The Morgan fingerprint density at radius 2 is 1.70 bits per heavy atom. The molecule has 1 aromatic carbocycles. The molecular formula is C12H13BrF3NO2S. The fourth-order valence-corrected chi connectivity index (χ4v) is 4.22. The zero-order valence-corrected chi connectivity index (χ0v) is 12.8. The van der Waals surface area contributed by atoms with Gasteiger partial charge in [-0.05, 0) is 25.0 Å². The van der Waals surface area contributed by atoms with Crippen molar-refractivity contribution in [2.45, 2.75) is 28.7 Å². The van der Waals surface area contributed by atoms with Gasteiger partial charge in [-0.2, -0.15) is 17.5 Å². The van der Waals surface area contributed by atoms with Crippen LogP contribution in [0, 0.1) is 0 Å². The van der Waals surface area contributed by atoms with E-state index in [0.29, 0.717) is 12.8 Å². The smallest absolute Gasteiger partial charge is 0.207 e. The lowest BCUT2D eigenvalue weighted by atomic mass is 10.2. The highest BCUT2D eigenvalue weighted by Crippen LogP contribution is 2.35. The number of rotatable bonds is 2. The number of sulfonamides is 1. The van der Waals surface area contributed by atoms with E-state index in [4.69, 9.17) is 0 Å². The third kappa shape index (κ3) is 3.17. The standard InChI is InChI=1S/C12H13BrF3NO2S/c13-9-5-7-17(8-6-9)20(18,19)11-4-2-1-3-10(11)12(14,15)16/h1-4,9H,5-8H2. The quantitative estimate of drug-likeness (QED) is 0.748. The Bertz CT molecular complexity index is 581. The first-order valence-corrected chi connectivity index (χ1v) is 8.39. The third-order valence-electron chi connectivity index (χ3n) is 3.19. The third-order valence-corrected chi connectivity index (χ3v) is 6.07. The summed E-state index contributed by atoms with van der Waals surface area (Å²) < 4.78 is 64.6. The Balaban J connectivity index is 2.40. The number of benzene rings is 1. The van der Waals surface area contributed by atoms with E-state index in [9.17, 15) is 21.6 Å². The van der Waals surface area contributed by atoms with Gasteiger partial charge in [0.1, 0.15) is 0 Å². The molecule has 0 aromatic heterocycles. The van der Waals surface area contributed by atoms with Gasteiger partial charge < -0.3 is 0 Å². The van der Waals surface area contributed by atoms with E-state index in [1.165, 1.54) is 12.1 Å². The molecule has 1 aliphatic heterocycles. The summed E-state index contributed by atoms with van der Waals surface area (Å²) in [5, 5.41) is 0. The SMILES string of the molecule is O=S(=O)(c1ccccc1C(F)(F)F)N1CCC(Br)CC1. The maximum absolute atomic E-state index is 12.9. The average Bonchev–Trinajstić information content (AvgIpc) is 2.38. The first-order valence-electron chi connectivity index (χ1n) is 6.03. The van der Waals surface area contributed by atoms with Gasteiger partial charge >= 0.3 is 6.18 Å². The fraction of sp³-hybridized carbons (Fsp3) is 0.500. The monoisotopic (exact) mass is 371 g/mol. The Labute approximate surface area is 123 Å². The lowest BCUT2D eigenvalue weighted by Crippen LogP contribution is -2.39. The van der Waals surface area contributed by atoms with E-state index in [1.807, 2.05) is 0 Å². The normalized spacial score (nSPS) is 19.2. The predicted octanol–water partition coefficient (Wildman–Crippen LogP) is 3.25. The van der Waals surface area contributed by atoms with Crippen LogP contribution in [0.15, 0.2) is 29.2 Å². The van der Waals surface area contributed by atoms with Crippen molar-refractivity contribution in [3.63, 3.8) is 0 Å². The molecular weight excluding hydrogens is 359 g/mol. The van der Waals surface area contributed by atoms with Gasteiger partial charge in [-0.3, -0.25) is 0 Å². The van der Waals surface area contributed by atoms with Crippen molar-refractivity contribution in [3.05, 3.63) is 29.8 Å². The second kappa shape index (κ2) is 5.65. The lowest BCUT2D eigenvalue weighted by Gasteiger charge is -2.29. The van der Waals surface area contributed by atoms with Crippen molar-refractivity contribution < 1.29 is 21.6 Å². The molecule has 1 fully saturated rings. The predicted molar refractivity (Wildman–Crippen MR) is 72.2 cm³/mol. The van der Waals surface area contributed by atoms with E-state index in [0.717, 1.165) is 16.4 Å². The van der Waals surface area contributed by atoms with Gasteiger partial charge in [0.05, 0.1) is 10.5 Å². The molecule has 1 aromatic rings. The average molecular weight is 372 g/mol. The second-order valence-electron chi connectivity index (χ2n) is 4.57. The summed E-state index contributed by atoms with van der Waals surface area (Å²) in [4.78, 5) is -0.452. The molecule has 0 aliphatic carbocycles. The minimum absolute atomic E-state index is 0.215. The van der Waals surface area contributed by atoms with Crippen LogP contribution in [0.4, 0.5) is 13.2 Å². The van der Waals surface area contributed by atoms with E-state index >= 15 is 0 Å². The minimum atomic E-state index is -4.68. The van der Waals surface area contributed by atoms with Gasteiger partial charge in [0.25, 0.3) is 0 Å². The van der Waals surface area contributed by atoms with Gasteiger partial charge in [0.2, 0.25) is 10.0 Å². The van der Waals surface area contributed by atoms with Crippen LogP contribution in [-0.2, 0) is 16.2 Å². The summed E-state index contributed by atoms with van der Waals surface area (Å²) in [7, 11) is -4.11. The van der Waals surface area contributed by atoms with E-state index in [1.54, 1.807) is 0 Å². The van der Waals surface area contributed by atoms with Gasteiger partial charge in [-0.1, -0.05) is 28.1 Å². The van der Waals surface area contributed by atoms with Crippen LogP contribution in [-0.4, -0.2) is 30.6 Å². The molecule has 0 radical (unpaired) electrons. The van der Waals surface area contributed by atoms with Crippen LogP contribution >= 0.6 is 15.9 Å². The molecule has 8 heteroatoms. The summed E-state index contributed by atoms with van der Waals surface area (Å²) in [5.74, 6) is 0. The van der Waals surface area contributed by atoms with Crippen LogP contribution < -0.4 is 0 Å². The van der Waals surface area contributed by atoms with Gasteiger partial charge in [-0.25, -0.2) is 8.42 Å². The molecule has 112 valence electrons. The summed E-state index contributed by atoms with van der Waals surface area (Å²) in [6.45, 7) is 0.453. The molecule has 3 nitrogen and oxygen atoms in total. The van der Waals surface area contributed by atoms with E-state index in [2.05, 4.69) is 15.9 Å². The van der Waals surface area contributed by atoms with Crippen LogP contribution in [0.5, 0.6) is 0 Å². The molecule has 0 amide bonds. The first-order chi connectivity index (χ1) is 9.23. The Hall–Kier alpha value is -0.600. The van der Waals surface area contributed by atoms with Crippen LogP contribution in [0.2, 0.25) is 0 Å².